The summed E-state index contributed by atoms with van der Waals surface area (Å²) in [5, 5.41) is 0. The van der Waals surface area contributed by atoms with Gasteiger partial charge in [0.15, 0.2) is 0 Å². The molecule has 1 aliphatic carbocycles. The molecule has 1 saturated carbocycles. The average Bonchev–Trinajstić information content (AvgIpc) is 3.70. The summed E-state index contributed by atoms with van der Waals surface area (Å²) >= 11 is 0. The third-order valence-corrected chi connectivity index (χ3v) is 6.55. The van der Waals surface area contributed by atoms with Crippen molar-refractivity contribution in [3.63, 3.8) is 0 Å². The number of nitrogens with zero attached hydrogens (tertiary/aromatic N) is 3. The summed E-state index contributed by atoms with van der Waals surface area (Å²) in [6.07, 6.45) is 2.43. The molecule has 0 bridgehead atoms. The van der Waals surface area contributed by atoms with Crippen LogP contribution in [0.25, 0.3) is 0 Å². The van der Waals surface area contributed by atoms with Crippen LogP contribution in [-0.2, 0) is 16.1 Å². The molecule has 1 N–H and O–H groups in total. The van der Waals surface area contributed by atoms with Crippen LogP contribution in [0.1, 0.15) is 43.9 Å². The van der Waals surface area contributed by atoms with E-state index in [0.717, 1.165) is 21.4 Å². The van der Waals surface area contributed by atoms with Crippen LogP contribution in [0.2, 0.25) is 0 Å². The van der Waals surface area contributed by atoms with Gasteiger partial charge in [-0.05, 0) is 69.4 Å². The molecule has 0 radical (unpaired) electrons. The van der Waals surface area contributed by atoms with Gasteiger partial charge in [0.25, 0.3) is 0 Å². The zero-order valence-electron chi connectivity index (χ0n) is 21.1. The van der Waals surface area contributed by atoms with Crippen LogP contribution in [0.5, 0.6) is 5.75 Å². The van der Waals surface area contributed by atoms with Gasteiger partial charge in [-0.25, -0.2) is 19.1 Å². The van der Waals surface area contributed by atoms with E-state index < -0.39 is 29.3 Å². The number of H-pyrrole nitrogens is 1. The van der Waals surface area contributed by atoms with Crippen molar-refractivity contribution < 1.29 is 14.3 Å². The molecule has 0 unspecified atom stereocenters. The molecule has 9 nitrogen and oxygen atoms in total. The van der Waals surface area contributed by atoms with Gasteiger partial charge in [0.2, 0.25) is 5.62 Å². The van der Waals surface area contributed by atoms with Crippen LogP contribution in [0.3, 0.4) is 0 Å². The Hall–Kier alpha value is -3.88. The smallest absolute Gasteiger partial charge is 0.335 e. The van der Waals surface area contributed by atoms with Crippen molar-refractivity contribution >= 4 is 11.7 Å². The number of hydrogen-bond acceptors (Lipinski definition) is 6. The van der Waals surface area contributed by atoms with E-state index in [1.54, 1.807) is 26.0 Å². The molecule has 0 aliphatic heterocycles. The maximum atomic E-state index is 13.6. The average molecular weight is 493 g/mol. The van der Waals surface area contributed by atoms with Crippen LogP contribution >= 0.6 is 0 Å². The van der Waals surface area contributed by atoms with Crippen molar-refractivity contribution in [3.8, 4) is 5.75 Å². The van der Waals surface area contributed by atoms with E-state index >= 15 is 0 Å². The Morgan fingerprint density at radius 2 is 1.75 bits per heavy atom. The van der Waals surface area contributed by atoms with Gasteiger partial charge in [-0.3, -0.25) is 14.3 Å². The molecule has 1 heterocycles. The monoisotopic (exact) mass is 492 g/mol. The fourth-order valence-corrected chi connectivity index (χ4v) is 3.84. The van der Waals surface area contributed by atoms with Crippen LogP contribution in [0.4, 0.5) is 5.69 Å². The van der Waals surface area contributed by atoms with E-state index in [1.165, 1.54) is 24.5 Å². The van der Waals surface area contributed by atoms with Crippen LogP contribution < -0.4 is 21.7 Å². The molecule has 0 spiro atoms. The highest BCUT2D eigenvalue weighted by atomic mass is 16.5. The Balaban J connectivity index is 1.76. The number of nitrogens with one attached hydrogen (secondary N) is 1. The summed E-state index contributed by atoms with van der Waals surface area (Å²) in [7, 11) is 1.28. The first-order valence-electron chi connectivity index (χ1n) is 12.1. The number of aromatic amines is 1. The Bertz CT molecular complexity index is 1400. The van der Waals surface area contributed by atoms with E-state index in [1.807, 2.05) is 43.3 Å². The predicted molar refractivity (Wildman–Crippen MR) is 135 cm³/mol. The van der Waals surface area contributed by atoms with Crippen LogP contribution in [-0.4, -0.2) is 33.8 Å². The van der Waals surface area contributed by atoms with Crippen molar-refractivity contribution in [2.24, 2.45) is 16.8 Å². The summed E-state index contributed by atoms with van der Waals surface area (Å²) in [5.74, 6) is 0.197. The van der Waals surface area contributed by atoms with Gasteiger partial charge in [0.05, 0.1) is 37.9 Å². The van der Waals surface area contributed by atoms with Crippen molar-refractivity contribution in [1.82, 2.24) is 14.1 Å². The second-order valence-electron chi connectivity index (χ2n) is 9.39. The van der Waals surface area contributed by atoms with E-state index in [-0.39, 0.29) is 12.2 Å². The number of rotatable bonds is 9. The molecule has 36 heavy (non-hydrogen) atoms. The third kappa shape index (κ3) is 5.84. The number of benzene rings is 2. The molecule has 3 aromatic rings. The van der Waals surface area contributed by atoms with Gasteiger partial charge in [0, 0.05) is 0 Å². The number of aryl methyl sites for hydroxylation is 1. The highest BCUT2D eigenvalue weighted by Gasteiger charge is 2.26. The topological polar surface area (TPSA) is 108 Å². The second kappa shape index (κ2) is 10.8. The molecule has 1 aliphatic rings. The Labute approximate surface area is 209 Å². The van der Waals surface area contributed by atoms with E-state index in [0.29, 0.717) is 18.2 Å². The van der Waals surface area contributed by atoms with Crippen molar-refractivity contribution in [3.05, 3.63) is 86.2 Å². The number of methoxy groups -OCH3 is 1. The minimum Gasteiger partial charge on any atom is -0.493 e. The normalized spacial score (nSPS) is 15.4. The lowest BCUT2D eigenvalue weighted by molar-refractivity contribution is -0.146. The molecule has 4 rings (SSSR count). The second-order valence-corrected chi connectivity index (χ2v) is 9.39. The maximum Gasteiger partial charge on any atom is 0.335 e. The summed E-state index contributed by atoms with van der Waals surface area (Å²) in [4.78, 5) is 46.0. The molecular formula is C27H32N4O5. The Morgan fingerprint density at radius 3 is 2.36 bits per heavy atom. The highest BCUT2D eigenvalue weighted by Crippen LogP contribution is 2.29. The number of ether oxygens (including phenoxy) is 2. The number of carbonyl (C=O) groups is 1. The lowest BCUT2D eigenvalue weighted by Gasteiger charge is -2.20. The van der Waals surface area contributed by atoms with Crippen molar-refractivity contribution in [2.45, 2.75) is 46.2 Å². The molecule has 2 atom stereocenters. The first-order valence-corrected chi connectivity index (χ1v) is 12.1. The standard InChI is InChI=1S/C27H32N4O5/c1-17-5-7-20(8-6-17)15-30-25(28-22-11-13-23(14-12-22)36-16-21-9-10-21)29-26(33)31(27(30)34)19(3)18(2)24(32)35-4/h5-8,11-14,18-19,21H,9-10,15-16H2,1-4H3,(H,28,29,33)/t18-,19+/m0/s1. The number of hydrogen-bond donors (Lipinski definition) is 1. The molecular weight excluding hydrogens is 460 g/mol. The van der Waals surface area contributed by atoms with Crippen LogP contribution in [0, 0.1) is 18.8 Å². The van der Waals surface area contributed by atoms with E-state index in [9.17, 15) is 14.4 Å². The van der Waals surface area contributed by atoms with Gasteiger partial charge >= 0.3 is 17.3 Å². The Morgan fingerprint density at radius 1 is 1.08 bits per heavy atom. The molecule has 0 saturated heterocycles. The fourth-order valence-electron chi connectivity index (χ4n) is 3.84. The minimum absolute atomic E-state index is 0.117. The van der Waals surface area contributed by atoms with Gasteiger partial charge in [0.1, 0.15) is 5.75 Å². The summed E-state index contributed by atoms with van der Waals surface area (Å²) < 4.78 is 13.1. The first kappa shape index (κ1) is 25.2. The fraction of sp³-hybridized carbons (Fsp3) is 0.407. The molecule has 1 aromatic heterocycles. The Kier molecular flexibility index (Phi) is 7.57. The zero-order chi connectivity index (χ0) is 25.8. The van der Waals surface area contributed by atoms with Gasteiger partial charge in [-0.1, -0.05) is 29.8 Å². The number of aromatic nitrogens is 3. The molecule has 0 amide bonds. The predicted octanol–water partition coefficient (Wildman–Crippen LogP) is 3.09. The quantitative estimate of drug-likeness (QED) is 0.462. The van der Waals surface area contributed by atoms with E-state index in [4.69, 9.17) is 9.47 Å². The molecule has 1 fully saturated rings. The van der Waals surface area contributed by atoms with Gasteiger partial charge < -0.3 is 9.47 Å². The maximum absolute atomic E-state index is 13.6. The largest absolute Gasteiger partial charge is 0.493 e. The summed E-state index contributed by atoms with van der Waals surface area (Å²) in [6.45, 7) is 6.15. The summed E-state index contributed by atoms with van der Waals surface area (Å²) in [5.41, 5.74) is 1.44. The molecule has 2 aromatic carbocycles. The number of carbonyl (C=O) groups excluding carboxylic acids is 1. The zero-order valence-corrected chi connectivity index (χ0v) is 21.1. The molecule has 190 valence electrons. The van der Waals surface area contributed by atoms with Gasteiger partial charge in [-0.15, -0.1) is 0 Å². The summed E-state index contributed by atoms with van der Waals surface area (Å²) in [6, 6.07) is 14.2. The lowest BCUT2D eigenvalue weighted by atomic mass is 10.0. The van der Waals surface area contributed by atoms with E-state index in [2.05, 4.69) is 9.98 Å². The third-order valence-electron chi connectivity index (χ3n) is 6.55. The van der Waals surface area contributed by atoms with Crippen LogP contribution in [0.15, 0.2) is 63.1 Å². The van der Waals surface area contributed by atoms with Gasteiger partial charge in [-0.2, -0.15) is 0 Å². The molecule has 9 heteroatoms. The minimum atomic E-state index is -0.727. The van der Waals surface area contributed by atoms with Crippen molar-refractivity contribution in [1.29, 1.82) is 0 Å². The lowest BCUT2D eigenvalue weighted by Crippen LogP contribution is -2.52. The highest BCUT2D eigenvalue weighted by molar-refractivity contribution is 5.72. The first-order chi connectivity index (χ1) is 17.3. The number of esters is 1. The SMILES string of the molecule is COC(=O)[C@@H](C)[C@@H](C)n1c(=O)[nH]/c(=N\c2ccc(OCC3CC3)cc2)n(Cc2ccc(C)cc2)c1=O. The van der Waals surface area contributed by atoms with Crippen molar-refractivity contribution in [2.75, 3.05) is 13.7 Å².